The van der Waals surface area contributed by atoms with Gasteiger partial charge in [-0.15, -0.1) is 11.8 Å². The summed E-state index contributed by atoms with van der Waals surface area (Å²) in [6.07, 6.45) is 3.38. The number of carbonyl (C=O) groups excluding carboxylic acids is 1. The zero-order valence-corrected chi connectivity index (χ0v) is 15.8. The monoisotopic (exact) mass is 364 g/mol. The molecule has 2 aliphatic rings. The molecule has 0 aromatic heterocycles. The third kappa shape index (κ3) is 5.62. The molecule has 0 spiro atoms. The van der Waals surface area contributed by atoms with Crippen LogP contribution >= 0.6 is 11.8 Å². The Morgan fingerprint density at radius 3 is 2.64 bits per heavy atom. The molecule has 2 heterocycles. The van der Waals surface area contributed by atoms with Gasteiger partial charge in [0.2, 0.25) is 5.91 Å². The number of hydrogen-bond acceptors (Lipinski definition) is 5. The molecule has 1 amide bonds. The second-order valence-electron chi connectivity index (χ2n) is 6.59. The molecule has 5 nitrogen and oxygen atoms in total. The topological polar surface area (TPSA) is 42.0 Å². The molecule has 3 rings (SSSR count). The minimum atomic E-state index is 0.276. The maximum absolute atomic E-state index is 12.4. The number of rotatable bonds is 7. The average molecular weight is 365 g/mol. The van der Waals surface area contributed by atoms with Crippen molar-refractivity contribution in [2.75, 3.05) is 52.2 Å². The van der Waals surface area contributed by atoms with Gasteiger partial charge in [-0.05, 0) is 37.1 Å². The molecule has 2 aliphatic heterocycles. The van der Waals surface area contributed by atoms with Crippen molar-refractivity contribution in [1.82, 2.24) is 9.80 Å². The van der Waals surface area contributed by atoms with E-state index >= 15 is 0 Å². The molecular weight excluding hydrogens is 336 g/mol. The number of hydrogen-bond donors (Lipinski definition) is 0. The van der Waals surface area contributed by atoms with Gasteiger partial charge in [0.05, 0.1) is 13.2 Å². The highest BCUT2D eigenvalue weighted by atomic mass is 32.2. The summed E-state index contributed by atoms with van der Waals surface area (Å²) in [5.41, 5.74) is 0. The third-order valence-electron chi connectivity index (χ3n) is 4.85. The maximum atomic E-state index is 12.4. The number of thioether (sulfide) groups is 1. The molecule has 0 N–H and O–H groups in total. The predicted molar refractivity (Wildman–Crippen MR) is 100 cm³/mol. The molecule has 1 unspecified atom stereocenters. The van der Waals surface area contributed by atoms with Gasteiger partial charge >= 0.3 is 0 Å². The van der Waals surface area contributed by atoms with E-state index in [2.05, 4.69) is 4.90 Å². The van der Waals surface area contributed by atoms with Crippen LogP contribution in [-0.4, -0.2) is 74.0 Å². The highest BCUT2D eigenvalue weighted by molar-refractivity contribution is 7.99. The Kier molecular flexibility index (Phi) is 7.02. The predicted octanol–water partition coefficient (Wildman–Crippen LogP) is 2.50. The second kappa shape index (κ2) is 9.46. The van der Waals surface area contributed by atoms with Gasteiger partial charge in [-0.2, -0.15) is 0 Å². The van der Waals surface area contributed by atoms with E-state index in [1.807, 2.05) is 29.2 Å². The van der Waals surface area contributed by atoms with Gasteiger partial charge in [-0.25, -0.2) is 0 Å². The van der Waals surface area contributed by atoms with Crippen LogP contribution in [0.25, 0.3) is 0 Å². The third-order valence-corrected chi connectivity index (χ3v) is 5.87. The molecule has 2 saturated heterocycles. The molecule has 2 fully saturated rings. The fourth-order valence-electron chi connectivity index (χ4n) is 3.34. The fourth-order valence-corrected chi connectivity index (χ4v) is 4.18. The molecule has 1 atom stereocenters. The molecular formula is C19H28N2O3S. The smallest absolute Gasteiger partial charge is 0.223 e. The van der Waals surface area contributed by atoms with Crippen molar-refractivity contribution >= 4 is 17.7 Å². The lowest BCUT2D eigenvalue weighted by Gasteiger charge is -2.35. The number of piperazine rings is 1. The quantitative estimate of drug-likeness (QED) is 0.696. The summed E-state index contributed by atoms with van der Waals surface area (Å²) in [5.74, 6) is 1.96. The molecule has 138 valence electrons. The first-order valence-electron chi connectivity index (χ1n) is 9.13. The van der Waals surface area contributed by atoms with Crippen LogP contribution in [0.4, 0.5) is 0 Å². The minimum absolute atomic E-state index is 0.276. The number of methoxy groups -OCH3 is 1. The van der Waals surface area contributed by atoms with Crippen LogP contribution in [0, 0.1) is 0 Å². The van der Waals surface area contributed by atoms with Crippen LogP contribution in [0.5, 0.6) is 5.75 Å². The van der Waals surface area contributed by atoms with E-state index in [1.54, 1.807) is 18.9 Å². The van der Waals surface area contributed by atoms with Crippen molar-refractivity contribution in [3.8, 4) is 5.75 Å². The summed E-state index contributed by atoms with van der Waals surface area (Å²) in [6, 6.07) is 7.99. The van der Waals surface area contributed by atoms with Crippen LogP contribution in [0.2, 0.25) is 0 Å². The van der Waals surface area contributed by atoms with Crippen molar-refractivity contribution in [3.63, 3.8) is 0 Å². The van der Waals surface area contributed by atoms with Crippen molar-refractivity contribution in [2.45, 2.75) is 30.3 Å². The van der Waals surface area contributed by atoms with Crippen molar-refractivity contribution < 1.29 is 14.3 Å². The number of amides is 1. The van der Waals surface area contributed by atoms with Crippen LogP contribution in [0.3, 0.4) is 0 Å². The first-order chi connectivity index (χ1) is 12.2. The fraction of sp³-hybridized carbons (Fsp3) is 0.632. The first-order valence-corrected chi connectivity index (χ1v) is 10.1. The molecule has 0 saturated carbocycles. The summed E-state index contributed by atoms with van der Waals surface area (Å²) in [5, 5.41) is 0. The van der Waals surface area contributed by atoms with Gasteiger partial charge in [0.1, 0.15) is 5.75 Å². The first kappa shape index (κ1) is 18.5. The van der Waals surface area contributed by atoms with E-state index in [0.717, 1.165) is 50.8 Å². The Morgan fingerprint density at radius 1 is 1.24 bits per heavy atom. The normalized spacial score (nSPS) is 21.5. The summed E-state index contributed by atoms with van der Waals surface area (Å²) in [7, 11) is 1.67. The van der Waals surface area contributed by atoms with Crippen LogP contribution in [0.15, 0.2) is 29.2 Å². The summed E-state index contributed by atoms with van der Waals surface area (Å²) < 4.78 is 10.9. The van der Waals surface area contributed by atoms with Gasteiger partial charge in [0.25, 0.3) is 0 Å². The van der Waals surface area contributed by atoms with Gasteiger partial charge in [-0.3, -0.25) is 9.69 Å². The van der Waals surface area contributed by atoms with Crippen LogP contribution in [-0.2, 0) is 9.53 Å². The Morgan fingerprint density at radius 2 is 2.00 bits per heavy atom. The van der Waals surface area contributed by atoms with E-state index in [0.29, 0.717) is 12.5 Å². The lowest BCUT2D eigenvalue weighted by molar-refractivity contribution is -0.132. The van der Waals surface area contributed by atoms with E-state index in [-0.39, 0.29) is 5.91 Å². The maximum Gasteiger partial charge on any atom is 0.223 e. The lowest BCUT2D eigenvalue weighted by atomic mass is 10.2. The molecule has 0 aliphatic carbocycles. The highest BCUT2D eigenvalue weighted by Gasteiger charge is 2.24. The van der Waals surface area contributed by atoms with Gasteiger partial charge in [0.15, 0.2) is 0 Å². The Balaban J connectivity index is 1.33. The van der Waals surface area contributed by atoms with Gasteiger partial charge in [0, 0.05) is 56.4 Å². The number of ether oxygens (including phenoxy) is 2. The Hall–Kier alpha value is -1.24. The van der Waals surface area contributed by atoms with Gasteiger partial charge in [-0.1, -0.05) is 0 Å². The van der Waals surface area contributed by atoms with Crippen molar-refractivity contribution in [1.29, 1.82) is 0 Å². The largest absolute Gasteiger partial charge is 0.497 e. The average Bonchev–Trinajstić information content (AvgIpc) is 3.16. The van der Waals surface area contributed by atoms with Crippen LogP contribution in [0.1, 0.15) is 19.3 Å². The molecule has 6 heteroatoms. The Labute approximate surface area is 154 Å². The summed E-state index contributed by atoms with van der Waals surface area (Å²) in [6.45, 7) is 5.57. The van der Waals surface area contributed by atoms with Crippen molar-refractivity contribution in [3.05, 3.63) is 24.3 Å². The minimum Gasteiger partial charge on any atom is -0.497 e. The van der Waals surface area contributed by atoms with E-state index in [1.165, 1.54) is 17.7 Å². The van der Waals surface area contributed by atoms with Crippen LogP contribution < -0.4 is 4.74 Å². The molecule has 0 bridgehead atoms. The van der Waals surface area contributed by atoms with Gasteiger partial charge < -0.3 is 14.4 Å². The standard InChI is InChI=1S/C19H28N2O3S/c1-23-16-4-6-18(7-5-16)25-14-8-19(22)21-11-9-20(10-12-21)15-17-3-2-13-24-17/h4-7,17H,2-3,8-15H2,1H3. The number of carbonyl (C=O) groups is 1. The second-order valence-corrected chi connectivity index (χ2v) is 7.76. The highest BCUT2D eigenvalue weighted by Crippen LogP contribution is 2.22. The molecule has 0 radical (unpaired) electrons. The SMILES string of the molecule is COc1ccc(SCCC(=O)N2CCN(CC3CCCO3)CC2)cc1. The molecule has 25 heavy (non-hydrogen) atoms. The molecule has 1 aromatic rings. The van der Waals surface area contributed by atoms with E-state index < -0.39 is 0 Å². The van der Waals surface area contributed by atoms with E-state index in [4.69, 9.17) is 9.47 Å². The van der Waals surface area contributed by atoms with Crippen molar-refractivity contribution in [2.24, 2.45) is 0 Å². The van der Waals surface area contributed by atoms with E-state index in [9.17, 15) is 4.79 Å². The number of benzene rings is 1. The zero-order chi connectivity index (χ0) is 17.5. The summed E-state index contributed by atoms with van der Waals surface area (Å²) in [4.78, 5) is 18.0. The Bertz CT molecular complexity index is 538. The zero-order valence-electron chi connectivity index (χ0n) is 15.0. The summed E-state index contributed by atoms with van der Waals surface area (Å²) >= 11 is 1.72. The molecule has 1 aromatic carbocycles. The lowest BCUT2D eigenvalue weighted by Crippen LogP contribution is -2.50. The number of nitrogens with zero attached hydrogens (tertiary/aromatic N) is 2.